The Kier molecular flexibility index (Phi) is 10.8. The maximum absolute atomic E-state index is 12.8. The Morgan fingerprint density at radius 3 is 1.91 bits per heavy atom. The topological polar surface area (TPSA) is 208 Å². The van der Waals surface area contributed by atoms with E-state index in [-0.39, 0.29) is 12.8 Å². The summed E-state index contributed by atoms with van der Waals surface area (Å²) in [6.45, 7) is 0.622. The van der Waals surface area contributed by atoms with Gasteiger partial charge in [-0.05, 0) is 18.9 Å². The van der Waals surface area contributed by atoms with Crippen LogP contribution in [0, 0.1) is 0 Å². The summed E-state index contributed by atoms with van der Waals surface area (Å²) >= 11 is 0. The third-order valence-electron chi connectivity index (χ3n) is 4.41. The van der Waals surface area contributed by atoms with Crippen LogP contribution in [-0.2, 0) is 30.4 Å². The van der Waals surface area contributed by atoms with E-state index >= 15 is 0 Å². The number of aliphatic carboxylic acids is 2. The second kappa shape index (κ2) is 13.0. The number of benzene rings is 1. The SMILES string of the molecule is CC(N)C(=O)NC(CO)C(=O)NC(Cc1ccccc1)C(=O)NC(CCC(=O)O)C(=O)O. The molecule has 8 N–H and O–H groups in total. The summed E-state index contributed by atoms with van der Waals surface area (Å²) in [5.74, 6) is -5.09. The van der Waals surface area contributed by atoms with Gasteiger partial charge in [-0.25, -0.2) is 4.79 Å². The lowest BCUT2D eigenvalue weighted by Gasteiger charge is -2.24. The van der Waals surface area contributed by atoms with Gasteiger partial charge in [0, 0.05) is 12.8 Å². The second-order valence-corrected chi connectivity index (χ2v) is 7.12. The smallest absolute Gasteiger partial charge is 0.326 e. The molecule has 1 aromatic rings. The molecule has 0 bridgehead atoms. The molecule has 0 saturated heterocycles. The average Bonchev–Trinajstić information content (AvgIpc) is 2.74. The highest BCUT2D eigenvalue weighted by molar-refractivity contribution is 5.94. The molecule has 1 aromatic carbocycles. The predicted molar refractivity (Wildman–Crippen MR) is 111 cm³/mol. The van der Waals surface area contributed by atoms with Crippen LogP contribution >= 0.6 is 0 Å². The Labute approximate surface area is 184 Å². The minimum atomic E-state index is -1.49. The summed E-state index contributed by atoms with van der Waals surface area (Å²) in [6, 6.07) is 3.46. The molecule has 0 aliphatic heterocycles. The number of rotatable bonds is 13. The Balaban J connectivity index is 3.01. The van der Waals surface area contributed by atoms with Crippen LogP contribution in [0.4, 0.5) is 0 Å². The van der Waals surface area contributed by atoms with Crippen molar-refractivity contribution in [2.45, 2.75) is 50.4 Å². The number of aliphatic hydroxyl groups excluding tert-OH is 1. The molecule has 0 heterocycles. The highest BCUT2D eigenvalue weighted by Crippen LogP contribution is 2.06. The first-order chi connectivity index (χ1) is 15.0. The van der Waals surface area contributed by atoms with E-state index in [1.807, 2.05) is 0 Å². The molecule has 0 radical (unpaired) electrons. The molecule has 3 amide bonds. The molecule has 0 aliphatic carbocycles. The highest BCUT2D eigenvalue weighted by Gasteiger charge is 2.30. The van der Waals surface area contributed by atoms with Crippen LogP contribution in [0.3, 0.4) is 0 Å². The molecule has 0 spiro atoms. The van der Waals surface area contributed by atoms with E-state index in [4.69, 9.17) is 10.8 Å². The van der Waals surface area contributed by atoms with Gasteiger partial charge in [0.15, 0.2) is 0 Å². The second-order valence-electron chi connectivity index (χ2n) is 7.12. The van der Waals surface area contributed by atoms with Crippen molar-refractivity contribution in [3.05, 3.63) is 35.9 Å². The van der Waals surface area contributed by atoms with Crippen LogP contribution in [-0.4, -0.2) is 75.8 Å². The van der Waals surface area contributed by atoms with Gasteiger partial charge in [0.2, 0.25) is 17.7 Å². The molecule has 0 aromatic heterocycles. The van der Waals surface area contributed by atoms with Crippen molar-refractivity contribution in [1.29, 1.82) is 0 Å². The normalized spacial score (nSPS) is 14.3. The molecular formula is C20H28N4O8. The maximum atomic E-state index is 12.8. The number of carbonyl (C=O) groups is 5. The number of carbonyl (C=O) groups excluding carboxylic acids is 3. The van der Waals surface area contributed by atoms with Crippen LogP contribution in [0.1, 0.15) is 25.3 Å². The fourth-order valence-electron chi connectivity index (χ4n) is 2.63. The van der Waals surface area contributed by atoms with E-state index in [1.165, 1.54) is 6.92 Å². The first kappa shape index (κ1) is 26.5. The van der Waals surface area contributed by atoms with E-state index in [0.29, 0.717) is 5.56 Å². The zero-order valence-corrected chi connectivity index (χ0v) is 17.5. The third-order valence-corrected chi connectivity index (χ3v) is 4.41. The molecule has 32 heavy (non-hydrogen) atoms. The fraction of sp³-hybridized carbons (Fsp3) is 0.450. The predicted octanol–water partition coefficient (Wildman–Crippen LogP) is -2.03. The van der Waals surface area contributed by atoms with Gasteiger partial charge in [0.25, 0.3) is 0 Å². The summed E-state index contributed by atoms with van der Waals surface area (Å²) in [6.07, 6.45) is -0.863. The van der Waals surface area contributed by atoms with Crippen LogP contribution in [0.15, 0.2) is 30.3 Å². The molecular weight excluding hydrogens is 424 g/mol. The lowest BCUT2D eigenvalue weighted by Crippen LogP contribution is -2.58. The number of carboxylic acid groups (broad SMARTS) is 2. The lowest BCUT2D eigenvalue weighted by atomic mass is 10.0. The summed E-state index contributed by atoms with van der Waals surface area (Å²) in [5, 5.41) is 34.4. The zero-order valence-electron chi connectivity index (χ0n) is 17.5. The monoisotopic (exact) mass is 452 g/mol. The van der Waals surface area contributed by atoms with Crippen molar-refractivity contribution < 1.29 is 39.3 Å². The number of aliphatic hydroxyl groups is 1. The van der Waals surface area contributed by atoms with Gasteiger partial charge in [0.05, 0.1) is 12.6 Å². The average molecular weight is 452 g/mol. The van der Waals surface area contributed by atoms with Crippen molar-refractivity contribution in [2.24, 2.45) is 5.73 Å². The van der Waals surface area contributed by atoms with Crippen LogP contribution < -0.4 is 21.7 Å². The summed E-state index contributed by atoms with van der Waals surface area (Å²) in [5.41, 5.74) is 6.08. The Hall–Kier alpha value is -3.51. The van der Waals surface area contributed by atoms with Crippen molar-refractivity contribution in [1.82, 2.24) is 16.0 Å². The molecule has 12 nitrogen and oxygen atoms in total. The van der Waals surface area contributed by atoms with Crippen molar-refractivity contribution in [3.8, 4) is 0 Å². The number of nitrogens with two attached hydrogens (primary N) is 1. The third kappa shape index (κ3) is 9.10. The van der Waals surface area contributed by atoms with Crippen LogP contribution in [0.5, 0.6) is 0 Å². The van der Waals surface area contributed by atoms with Crippen molar-refractivity contribution in [2.75, 3.05) is 6.61 Å². The molecule has 0 fully saturated rings. The van der Waals surface area contributed by atoms with Gasteiger partial charge in [-0.1, -0.05) is 30.3 Å². The number of nitrogens with one attached hydrogen (secondary N) is 3. The largest absolute Gasteiger partial charge is 0.481 e. The number of amides is 3. The molecule has 0 saturated carbocycles. The Morgan fingerprint density at radius 1 is 0.875 bits per heavy atom. The first-order valence-electron chi connectivity index (χ1n) is 9.81. The summed E-state index contributed by atoms with van der Waals surface area (Å²) in [4.78, 5) is 59.3. The zero-order chi connectivity index (χ0) is 24.3. The molecule has 4 unspecified atom stereocenters. The van der Waals surface area contributed by atoms with Gasteiger partial charge < -0.3 is 37.0 Å². The first-order valence-corrected chi connectivity index (χ1v) is 9.81. The minimum Gasteiger partial charge on any atom is -0.481 e. The quantitative estimate of drug-likeness (QED) is 0.176. The number of hydrogen-bond acceptors (Lipinski definition) is 7. The maximum Gasteiger partial charge on any atom is 0.326 e. The molecule has 1 rings (SSSR count). The number of hydrogen-bond donors (Lipinski definition) is 7. The van der Waals surface area contributed by atoms with Gasteiger partial charge in [-0.3, -0.25) is 19.2 Å². The molecule has 0 aliphatic rings. The minimum absolute atomic E-state index is 0.0247. The molecule has 12 heteroatoms. The van der Waals surface area contributed by atoms with E-state index in [0.717, 1.165) is 0 Å². The van der Waals surface area contributed by atoms with E-state index in [2.05, 4.69) is 16.0 Å². The molecule has 4 atom stereocenters. The summed E-state index contributed by atoms with van der Waals surface area (Å²) < 4.78 is 0. The van der Waals surface area contributed by atoms with E-state index < -0.39 is 66.9 Å². The van der Waals surface area contributed by atoms with E-state index in [9.17, 15) is 34.2 Å². The Bertz CT molecular complexity index is 815. The van der Waals surface area contributed by atoms with Crippen molar-refractivity contribution in [3.63, 3.8) is 0 Å². The standard InChI is InChI=1S/C20H28N4O8/c1-11(21)17(28)24-15(10-25)19(30)23-14(9-12-5-3-2-4-6-12)18(29)22-13(20(31)32)7-8-16(26)27/h2-6,11,13-15,25H,7-10,21H2,1H3,(H,22,29)(H,23,30)(H,24,28)(H,26,27)(H,31,32). The van der Waals surface area contributed by atoms with Gasteiger partial charge >= 0.3 is 11.9 Å². The fourth-order valence-corrected chi connectivity index (χ4v) is 2.63. The summed E-state index contributed by atoms with van der Waals surface area (Å²) in [7, 11) is 0. The lowest BCUT2D eigenvalue weighted by molar-refractivity contribution is -0.143. The van der Waals surface area contributed by atoms with Gasteiger partial charge in [-0.15, -0.1) is 0 Å². The Morgan fingerprint density at radius 2 is 1.41 bits per heavy atom. The molecule has 176 valence electrons. The van der Waals surface area contributed by atoms with E-state index in [1.54, 1.807) is 30.3 Å². The van der Waals surface area contributed by atoms with Crippen LogP contribution in [0.2, 0.25) is 0 Å². The van der Waals surface area contributed by atoms with Gasteiger partial charge in [0.1, 0.15) is 18.1 Å². The highest BCUT2D eigenvalue weighted by atomic mass is 16.4. The van der Waals surface area contributed by atoms with Gasteiger partial charge in [-0.2, -0.15) is 0 Å². The number of carboxylic acids is 2. The van der Waals surface area contributed by atoms with Crippen LogP contribution in [0.25, 0.3) is 0 Å². The van der Waals surface area contributed by atoms with Crippen molar-refractivity contribution >= 4 is 29.7 Å².